The molecule has 0 spiro atoms. The van der Waals surface area contributed by atoms with E-state index < -0.39 is 17.7 Å². The quantitative estimate of drug-likeness (QED) is 0.433. The van der Waals surface area contributed by atoms with Crippen LogP contribution in [0.1, 0.15) is 84.7 Å². The van der Waals surface area contributed by atoms with Gasteiger partial charge in [0, 0.05) is 13.1 Å². The Hall–Kier alpha value is -2.57. The molecular formula is C25H41N3O4. The Morgan fingerprint density at radius 3 is 2.19 bits per heavy atom. The lowest BCUT2D eigenvalue weighted by Gasteiger charge is -2.32. The number of nitrogens with zero attached hydrogens (tertiary/aromatic N) is 1. The second-order valence-electron chi connectivity index (χ2n) is 8.96. The molecule has 1 aromatic rings. The molecule has 1 rings (SSSR count). The highest BCUT2D eigenvalue weighted by molar-refractivity contribution is 5.90. The monoisotopic (exact) mass is 447 g/mol. The Morgan fingerprint density at radius 1 is 0.938 bits per heavy atom. The minimum Gasteiger partial charge on any atom is -0.444 e. The first-order chi connectivity index (χ1) is 15.2. The van der Waals surface area contributed by atoms with Crippen LogP contribution in [0.3, 0.4) is 0 Å². The first kappa shape index (κ1) is 27.5. The van der Waals surface area contributed by atoms with Gasteiger partial charge in [-0.05, 0) is 39.2 Å². The van der Waals surface area contributed by atoms with Gasteiger partial charge in [0.15, 0.2) is 0 Å². The molecule has 1 aromatic carbocycles. The molecule has 0 aliphatic heterocycles. The van der Waals surface area contributed by atoms with Crippen molar-refractivity contribution in [3.05, 3.63) is 35.9 Å². The molecule has 1 unspecified atom stereocenters. The van der Waals surface area contributed by atoms with Crippen molar-refractivity contribution in [2.45, 2.75) is 84.8 Å². The van der Waals surface area contributed by atoms with Crippen molar-refractivity contribution in [2.24, 2.45) is 0 Å². The highest BCUT2D eigenvalue weighted by atomic mass is 16.6. The summed E-state index contributed by atoms with van der Waals surface area (Å²) >= 11 is 0. The number of ether oxygens (including phenoxy) is 1. The zero-order chi connectivity index (χ0) is 24.0. The first-order valence-electron chi connectivity index (χ1n) is 11.8. The van der Waals surface area contributed by atoms with Crippen LogP contribution in [-0.4, -0.2) is 48.0 Å². The zero-order valence-corrected chi connectivity index (χ0v) is 20.4. The molecule has 3 amide bonds. The van der Waals surface area contributed by atoms with Crippen LogP contribution >= 0.6 is 0 Å². The molecule has 0 saturated carbocycles. The Labute approximate surface area is 193 Å². The summed E-state index contributed by atoms with van der Waals surface area (Å²) in [5, 5.41) is 5.50. The van der Waals surface area contributed by atoms with Gasteiger partial charge in [0.05, 0.1) is 0 Å². The smallest absolute Gasteiger partial charge is 0.408 e. The Balaban J connectivity index is 3.05. The van der Waals surface area contributed by atoms with E-state index in [0.29, 0.717) is 13.1 Å². The molecule has 7 nitrogen and oxygen atoms in total. The zero-order valence-electron chi connectivity index (χ0n) is 20.4. The second kappa shape index (κ2) is 14.5. The third kappa shape index (κ3) is 10.6. The largest absolute Gasteiger partial charge is 0.444 e. The molecule has 0 aromatic heterocycles. The fourth-order valence-electron chi connectivity index (χ4n) is 3.26. The Kier molecular flexibility index (Phi) is 12.4. The Morgan fingerprint density at radius 2 is 1.59 bits per heavy atom. The van der Waals surface area contributed by atoms with E-state index in [1.54, 1.807) is 25.7 Å². The van der Waals surface area contributed by atoms with E-state index in [1.807, 2.05) is 30.3 Å². The highest BCUT2D eigenvalue weighted by Crippen LogP contribution is 2.22. The van der Waals surface area contributed by atoms with Crippen molar-refractivity contribution >= 4 is 17.9 Å². The van der Waals surface area contributed by atoms with Gasteiger partial charge >= 0.3 is 6.09 Å². The molecule has 0 heterocycles. The third-order valence-electron chi connectivity index (χ3n) is 4.86. The molecule has 0 aliphatic carbocycles. The number of amides is 3. The van der Waals surface area contributed by atoms with Gasteiger partial charge in [-0.3, -0.25) is 9.59 Å². The predicted molar refractivity (Wildman–Crippen MR) is 127 cm³/mol. The van der Waals surface area contributed by atoms with E-state index >= 15 is 0 Å². The van der Waals surface area contributed by atoms with E-state index in [9.17, 15) is 14.4 Å². The van der Waals surface area contributed by atoms with Gasteiger partial charge in [-0.25, -0.2) is 4.79 Å². The third-order valence-corrected chi connectivity index (χ3v) is 4.86. The second-order valence-corrected chi connectivity index (χ2v) is 8.96. The molecule has 7 heteroatoms. The van der Waals surface area contributed by atoms with Crippen molar-refractivity contribution in [1.29, 1.82) is 0 Å². The minimum absolute atomic E-state index is 0.203. The van der Waals surface area contributed by atoms with Crippen LogP contribution in [0.15, 0.2) is 30.3 Å². The molecule has 1 atom stereocenters. The maximum atomic E-state index is 13.2. The number of carbonyl (C=O) groups excluding carboxylic acids is 3. The summed E-state index contributed by atoms with van der Waals surface area (Å²) in [5.74, 6) is -0.516. The van der Waals surface area contributed by atoms with Crippen molar-refractivity contribution in [2.75, 3.05) is 19.6 Å². The SMILES string of the molecule is CCCCCCN(C(=O)CNC(=O)OC(C)(C)C)C(C(=O)NCCCC)c1ccccc1. The number of hydrogen-bond donors (Lipinski definition) is 2. The highest BCUT2D eigenvalue weighted by Gasteiger charge is 2.31. The number of alkyl carbamates (subject to hydrolysis) is 1. The van der Waals surface area contributed by atoms with Crippen molar-refractivity contribution < 1.29 is 19.1 Å². The lowest BCUT2D eigenvalue weighted by Crippen LogP contribution is -2.48. The van der Waals surface area contributed by atoms with Gasteiger partial charge < -0.3 is 20.3 Å². The average molecular weight is 448 g/mol. The van der Waals surface area contributed by atoms with E-state index in [-0.39, 0.29) is 18.4 Å². The number of nitrogens with one attached hydrogen (secondary N) is 2. The molecule has 180 valence electrons. The number of carbonyl (C=O) groups is 3. The summed E-state index contributed by atoms with van der Waals surface area (Å²) in [6.45, 7) is 10.3. The van der Waals surface area contributed by atoms with E-state index in [0.717, 1.165) is 44.1 Å². The summed E-state index contributed by atoms with van der Waals surface area (Å²) in [5.41, 5.74) is 0.0984. The summed E-state index contributed by atoms with van der Waals surface area (Å²) in [4.78, 5) is 40.0. The lowest BCUT2D eigenvalue weighted by molar-refractivity contribution is -0.140. The van der Waals surface area contributed by atoms with Crippen LogP contribution in [-0.2, 0) is 14.3 Å². The van der Waals surface area contributed by atoms with Crippen LogP contribution < -0.4 is 10.6 Å². The van der Waals surface area contributed by atoms with Gasteiger partial charge in [0.1, 0.15) is 18.2 Å². The van der Waals surface area contributed by atoms with Gasteiger partial charge in [-0.15, -0.1) is 0 Å². The van der Waals surface area contributed by atoms with Crippen LogP contribution in [0.5, 0.6) is 0 Å². The van der Waals surface area contributed by atoms with Crippen LogP contribution in [0.25, 0.3) is 0 Å². The fraction of sp³-hybridized carbons (Fsp3) is 0.640. The number of rotatable bonds is 13. The van der Waals surface area contributed by atoms with Gasteiger partial charge in [-0.2, -0.15) is 0 Å². The minimum atomic E-state index is -0.748. The van der Waals surface area contributed by atoms with Gasteiger partial charge in [0.25, 0.3) is 0 Å². The topological polar surface area (TPSA) is 87.7 Å². The lowest BCUT2D eigenvalue weighted by atomic mass is 10.0. The average Bonchev–Trinajstić information content (AvgIpc) is 2.73. The molecule has 0 aliphatic rings. The molecule has 2 N–H and O–H groups in total. The molecule has 32 heavy (non-hydrogen) atoms. The Bertz CT molecular complexity index is 701. The molecule has 0 fully saturated rings. The van der Waals surface area contributed by atoms with E-state index in [1.165, 1.54) is 0 Å². The van der Waals surface area contributed by atoms with E-state index in [2.05, 4.69) is 24.5 Å². The van der Waals surface area contributed by atoms with E-state index in [4.69, 9.17) is 4.74 Å². The summed E-state index contributed by atoms with van der Waals surface area (Å²) < 4.78 is 5.24. The summed E-state index contributed by atoms with van der Waals surface area (Å²) in [7, 11) is 0. The number of benzene rings is 1. The maximum Gasteiger partial charge on any atom is 0.408 e. The molecule has 0 saturated heterocycles. The van der Waals surface area contributed by atoms with Crippen LogP contribution in [0.2, 0.25) is 0 Å². The molecule has 0 radical (unpaired) electrons. The normalized spacial score (nSPS) is 12.0. The maximum absolute atomic E-state index is 13.2. The predicted octanol–water partition coefficient (Wildman–Crippen LogP) is 4.58. The fourth-order valence-corrected chi connectivity index (χ4v) is 3.26. The summed E-state index contributed by atoms with van der Waals surface area (Å²) in [6.07, 6.45) is 5.09. The number of hydrogen-bond acceptors (Lipinski definition) is 4. The van der Waals surface area contributed by atoms with Gasteiger partial charge in [-0.1, -0.05) is 69.9 Å². The number of unbranched alkanes of at least 4 members (excludes halogenated alkanes) is 4. The first-order valence-corrected chi connectivity index (χ1v) is 11.8. The standard InChI is InChI=1S/C25H41N3O4/c1-6-8-10-14-18-28(21(29)19-27-24(31)32-25(3,4)5)22(20-15-12-11-13-16-20)23(30)26-17-9-7-2/h11-13,15-16,22H,6-10,14,17-19H2,1-5H3,(H,26,30)(H,27,31). The summed E-state index contributed by atoms with van der Waals surface area (Å²) in [6, 6.07) is 8.57. The molecular weight excluding hydrogens is 406 g/mol. The van der Waals surface area contributed by atoms with Crippen LogP contribution in [0, 0.1) is 0 Å². The van der Waals surface area contributed by atoms with Crippen molar-refractivity contribution in [3.8, 4) is 0 Å². The molecule has 0 bridgehead atoms. The van der Waals surface area contributed by atoms with Gasteiger partial charge in [0.2, 0.25) is 11.8 Å². The van der Waals surface area contributed by atoms with Crippen LogP contribution in [0.4, 0.5) is 4.79 Å². The van der Waals surface area contributed by atoms with Crippen molar-refractivity contribution in [1.82, 2.24) is 15.5 Å². The van der Waals surface area contributed by atoms with Crippen molar-refractivity contribution in [3.63, 3.8) is 0 Å².